The summed E-state index contributed by atoms with van der Waals surface area (Å²) in [6, 6.07) is 18.2. The topological polar surface area (TPSA) is 52.2 Å². The number of aromatic amines is 1. The highest BCUT2D eigenvalue weighted by Gasteiger charge is 2.03. The van der Waals surface area contributed by atoms with Crippen LogP contribution in [0.15, 0.2) is 59.6 Å². The molecule has 0 aliphatic heterocycles. The number of aromatic nitrogens is 1. The summed E-state index contributed by atoms with van der Waals surface area (Å²) >= 11 is 6.19. The number of H-pyrrole nitrogens is 1. The van der Waals surface area contributed by atoms with Crippen LogP contribution in [-0.4, -0.2) is 17.5 Å². The molecule has 1 aromatic heterocycles. The minimum Gasteiger partial charge on any atom is -0.357 e. The highest BCUT2D eigenvalue weighted by Crippen LogP contribution is 2.16. The first-order valence-corrected chi connectivity index (χ1v) is 8.46. The van der Waals surface area contributed by atoms with Gasteiger partial charge in [0.05, 0.1) is 13.1 Å². The zero-order chi connectivity index (χ0) is 16.8. The summed E-state index contributed by atoms with van der Waals surface area (Å²) in [5, 5.41) is 8.57. The van der Waals surface area contributed by atoms with Crippen LogP contribution in [0.2, 0.25) is 5.02 Å². The zero-order valence-corrected chi connectivity index (χ0v) is 14.4. The van der Waals surface area contributed by atoms with Crippen LogP contribution in [0.5, 0.6) is 0 Å². The largest absolute Gasteiger partial charge is 0.357 e. The van der Waals surface area contributed by atoms with E-state index in [9.17, 15) is 0 Å². The maximum Gasteiger partial charge on any atom is 0.191 e. The number of hydrogen-bond acceptors (Lipinski definition) is 1. The van der Waals surface area contributed by atoms with Crippen molar-refractivity contribution in [2.45, 2.75) is 20.0 Å². The zero-order valence-electron chi connectivity index (χ0n) is 13.6. The first kappa shape index (κ1) is 16.4. The summed E-state index contributed by atoms with van der Waals surface area (Å²) in [6.07, 6.45) is 0. The summed E-state index contributed by atoms with van der Waals surface area (Å²) in [5.41, 5.74) is 3.29. The van der Waals surface area contributed by atoms with E-state index in [-0.39, 0.29) is 0 Å². The van der Waals surface area contributed by atoms with Crippen molar-refractivity contribution in [1.82, 2.24) is 15.6 Å². The Labute approximate surface area is 147 Å². The summed E-state index contributed by atoms with van der Waals surface area (Å²) in [6.45, 7) is 4.08. The number of rotatable bonds is 5. The average Bonchev–Trinajstić information content (AvgIpc) is 3.01. The molecule has 4 nitrogen and oxygen atoms in total. The first-order valence-electron chi connectivity index (χ1n) is 8.08. The fourth-order valence-corrected chi connectivity index (χ4v) is 2.74. The van der Waals surface area contributed by atoms with Gasteiger partial charge in [-0.2, -0.15) is 0 Å². The number of hydrogen-bond donors (Lipinski definition) is 3. The average molecular weight is 341 g/mol. The predicted octanol–water partition coefficient (Wildman–Crippen LogP) is 4.08. The molecule has 3 aromatic rings. The van der Waals surface area contributed by atoms with E-state index in [1.54, 1.807) is 0 Å². The van der Waals surface area contributed by atoms with Crippen LogP contribution in [0.3, 0.4) is 0 Å². The Balaban J connectivity index is 1.67. The van der Waals surface area contributed by atoms with Gasteiger partial charge in [-0.15, -0.1) is 0 Å². The first-order chi connectivity index (χ1) is 11.8. The van der Waals surface area contributed by atoms with Crippen molar-refractivity contribution >= 4 is 28.5 Å². The molecule has 0 radical (unpaired) electrons. The molecule has 0 aliphatic rings. The van der Waals surface area contributed by atoms with Crippen LogP contribution in [0.1, 0.15) is 18.2 Å². The van der Waals surface area contributed by atoms with E-state index < -0.39 is 0 Å². The van der Waals surface area contributed by atoms with E-state index in [4.69, 9.17) is 11.6 Å². The second kappa shape index (κ2) is 7.88. The number of fused-ring (bicyclic) bond motifs is 1. The molecule has 0 bridgehead atoms. The Kier molecular flexibility index (Phi) is 5.39. The standard InChI is InChI=1S/C19H21ClN4/c1-2-21-19(22-12-15-8-3-5-9-17(15)20)23-13-16-11-14-7-4-6-10-18(14)24-16/h3-11,24H,2,12-13H2,1H3,(H2,21,22,23). The Morgan fingerprint density at radius 1 is 1.08 bits per heavy atom. The molecule has 5 heteroatoms. The van der Waals surface area contributed by atoms with Crippen LogP contribution in [0.25, 0.3) is 10.9 Å². The number of para-hydroxylation sites is 1. The smallest absolute Gasteiger partial charge is 0.191 e. The van der Waals surface area contributed by atoms with E-state index in [1.807, 2.05) is 36.4 Å². The number of guanidine groups is 1. The quantitative estimate of drug-likeness (QED) is 0.484. The molecule has 0 spiro atoms. The van der Waals surface area contributed by atoms with Crippen molar-refractivity contribution < 1.29 is 0 Å². The fourth-order valence-electron chi connectivity index (χ4n) is 2.54. The Bertz CT molecular complexity index is 805. The number of benzene rings is 2. The van der Waals surface area contributed by atoms with Crippen molar-refractivity contribution in [3.05, 3.63) is 70.9 Å². The van der Waals surface area contributed by atoms with Gasteiger partial charge in [-0.1, -0.05) is 48.0 Å². The molecule has 3 N–H and O–H groups in total. The maximum absolute atomic E-state index is 6.19. The molecule has 1 heterocycles. The minimum absolute atomic E-state index is 0.543. The lowest BCUT2D eigenvalue weighted by Crippen LogP contribution is -2.36. The van der Waals surface area contributed by atoms with Gasteiger partial charge in [0.2, 0.25) is 0 Å². The van der Waals surface area contributed by atoms with Gasteiger partial charge >= 0.3 is 0 Å². The van der Waals surface area contributed by atoms with E-state index in [1.165, 1.54) is 5.39 Å². The van der Waals surface area contributed by atoms with Crippen LogP contribution < -0.4 is 10.6 Å². The molecule has 0 fully saturated rings. The maximum atomic E-state index is 6.19. The molecule has 0 unspecified atom stereocenters. The molecule has 0 amide bonds. The summed E-state index contributed by atoms with van der Waals surface area (Å²) in [5.74, 6) is 0.774. The Morgan fingerprint density at radius 2 is 1.88 bits per heavy atom. The number of nitrogens with zero attached hydrogens (tertiary/aromatic N) is 1. The van der Waals surface area contributed by atoms with Gasteiger partial charge in [0.25, 0.3) is 0 Å². The molecule has 3 rings (SSSR count). The molecule has 0 saturated heterocycles. The van der Waals surface area contributed by atoms with Crippen LogP contribution in [0.4, 0.5) is 0 Å². The van der Waals surface area contributed by atoms with Crippen molar-refractivity contribution in [1.29, 1.82) is 0 Å². The molecule has 124 valence electrons. The van der Waals surface area contributed by atoms with Crippen LogP contribution in [-0.2, 0) is 13.1 Å². The highest BCUT2D eigenvalue weighted by atomic mass is 35.5. The van der Waals surface area contributed by atoms with Gasteiger partial charge in [-0.05, 0) is 36.1 Å². The lowest BCUT2D eigenvalue weighted by Gasteiger charge is -2.11. The van der Waals surface area contributed by atoms with Gasteiger partial charge < -0.3 is 15.6 Å². The third kappa shape index (κ3) is 4.09. The van der Waals surface area contributed by atoms with Gasteiger partial charge in [-0.25, -0.2) is 4.99 Å². The van der Waals surface area contributed by atoms with E-state index in [0.29, 0.717) is 13.1 Å². The second-order valence-corrected chi connectivity index (χ2v) is 5.93. The molecule has 24 heavy (non-hydrogen) atoms. The second-order valence-electron chi connectivity index (χ2n) is 5.52. The van der Waals surface area contributed by atoms with Crippen molar-refractivity contribution in [2.24, 2.45) is 4.99 Å². The third-order valence-corrected chi connectivity index (χ3v) is 4.11. The predicted molar refractivity (Wildman–Crippen MR) is 101 cm³/mol. The van der Waals surface area contributed by atoms with Gasteiger partial charge in [0.1, 0.15) is 0 Å². The molecule has 0 atom stereocenters. The SMILES string of the molecule is CCNC(=NCc1ccccc1Cl)NCc1cc2ccccc2[nH]1. The lowest BCUT2D eigenvalue weighted by atomic mass is 10.2. The van der Waals surface area contributed by atoms with Crippen molar-refractivity contribution in [2.75, 3.05) is 6.54 Å². The summed E-state index contributed by atoms with van der Waals surface area (Å²) in [7, 11) is 0. The Morgan fingerprint density at radius 3 is 2.67 bits per heavy atom. The molecular weight excluding hydrogens is 320 g/mol. The lowest BCUT2D eigenvalue weighted by molar-refractivity contribution is 0.805. The monoisotopic (exact) mass is 340 g/mol. The molecule has 0 saturated carbocycles. The number of aliphatic imine (C=N–C) groups is 1. The van der Waals surface area contributed by atoms with E-state index in [2.05, 4.69) is 45.7 Å². The summed E-state index contributed by atoms with van der Waals surface area (Å²) < 4.78 is 0. The number of halogens is 1. The van der Waals surface area contributed by atoms with Crippen molar-refractivity contribution in [3.63, 3.8) is 0 Å². The Hall–Kier alpha value is -2.46. The molecule has 2 aromatic carbocycles. The molecular formula is C19H21ClN4. The summed E-state index contributed by atoms with van der Waals surface area (Å²) in [4.78, 5) is 8.02. The van der Waals surface area contributed by atoms with Gasteiger partial charge in [0.15, 0.2) is 5.96 Å². The minimum atomic E-state index is 0.543. The van der Waals surface area contributed by atoms with Gasteiger partial charge in [0, 0.05) is 22.8 Å². The third-order valence-electron chi connectivity index (χ3n) is 3.74. The van der Waals surface area contributed by atoms with Crippen LogP contribution >= 0.6 is 11.6 Å². The van der Waals surface area contributed by atoms with Crippen LogP contribution in [0, 0.1) is 0 Å². The normalized spacial score (nSPS) is 11.7. The van der Waals surface area contributed by atoms with E-state index in [0.717, 1.165) is 34.3 Å². The highest BCUT2D eigenvalue weighted by molar-refractivity contribution is 6.31. The number of nitrogens with one attached hydrogen (secondary N) is 3. The molecule has 0 aliphatic carbocycles. The van der Waals surface area contributed by atoms with E-state index >= 15 is 0 Å². The fraction of sp³-hybridized carbons (Fsp3) is 0.211. The van der Waals surface area contributed by atoms with Gasteiger partial charge in [-0.3, -0.25) is 0 Å². The van der Waals surface area contributed by atoms with Crippen molar-refractivity contribution in [3.8, 4) is 0 Å².